The molecule has 10 heteroatoms. The van der Waals surface area contributed by atoms with Crippen LogP contribution >= 0.6 is 0 Å². The molecule has 2 aliphatic heterocycles. The highest BCUT2D eigenvalue weighted by Gasteiger charge is 2.32. The molecule has 0 radical (unpaired) electrons. The first-order valence-corrected chi connectivity index (χ1v) is 14.2. The monoisotopic (exact) mass is 568 g/mol. The standard InChI is InChI=1S/C32H33FN6O3/c1-4-28(40)39-14-13-38(18-22(39)9-11-34)31-29-27(35-32(36-31)42-19-23-6-5-12-37(23)3)17-26(24-10-15-41-30(24)29)25-16-21(33)8-7-20(25)2/h4,7-8,10,15-17,22-23H,1,5-6,9,12-14,18-19H2,2-3H3/t22-,23-/m0/s1. The Labute approximate surface area is 243 Å². The van der Waals surface area contributed by atoms with Gasteiger partial charge in [0, 0.05) is 31.1 Å². The molecule has 0 unspecified atom stereocenters. The number of hydrogen-bond acceptors (Lipinski definition) is 8. The fourth-order valence-corrected chi connectivity index (χ4v) is 6.19. The number of fused-ring (bicyclic) bond motifs is 3. The molecule has 2 aliphatic rings. The predicted octanol–water partition coefficient (Wildman–Crippen LogP) is 5.08. The highest BCUT2D eigenvalue weighted by molar-refractivity contribution is 6.14. The van der Waals surface area contributed by atoms with Crippen LogP contribution in [-0.4, -0.2) is 77.6 Å². The van der Waals surface area contributed by atoms with Crippen LogP contribution in [0.25, 0.3) is 33.0 Å². The summed E-state index contributed by atoms with van der Waals surface area (Å²) in [4.78, 5) is 28.3. The Kier molecular flexibility index (Phi) is 7.52. The van der Waals surface area contributed by atoms with Crippen molar-refractivity contribution in [3.05, 3.63) is 60.6 Å². The summed E-state index contributed by atoms with van der Waals surface area (Å²) in [5.74, 6) is 0.0949. The number of likely N-dealkylation sites (tertiary alicyclic amines) is 1. The second kappa shape index (κ2) is 11.4. The average Bonchev–Trinajstić information content (AvgIpc) is 3.65. The second-order valence-electron chi connectivity index (χ2n) is 11.1. The Morgan fingerprint density at radius 1 is 1.21 bits per heavy atom. The van der Waals surface area contributed by atoms with Crippen molar-refractivity contribution >= 4 is 33.6 Å². The molecule has 0 saturated carbocycles. The lowest BCUT2D eigenvalue weighted by molar-refractivity contribution is -0.128. The lowest BCUT2D eigenvalue weighted by atomic mass is 9.95. The number of benzene rings is 2. The number of ether oxygens (including phenoxy) is 1. The average molecular weight is 569 g/mol. The van der Waals surface area contributed by atoms with Crippen LogP contribution in [0.4, 0.5) is 10.2 Å². The van der Waals surface area contributed by atoms with Crippen molar-refractivity contribution in [1.29, 1.82) is 5.26 Å². The Balaban J connectivity index is 1.50. The third-order valence-electron chi connectivity index (χ3n) is 8.49. The molecule has 4 heterocycles. The van der Waals surface area contributed by atoms with E-state index in [2.05, 4.69) is 29.5 Å². The van der Waals surface area contributed by atoms with E-state index in [0.29, 0.717) is 48.5 Å². The number of likely N-dealkylation sites (N-methyl/N-ethyl adjacent to an activating group) is 1. The number of amides is 1. The fourth-order valence-electron chi connectivity index (χ4n) is 6.19. The number of carbonyl (C=O) groups excluding carboxylic acids is 1. The Morgan fingerprint density at radius 2 is 2.07 bits per heavy atom. The summed E-state index contributed by atoms with van der Waals surface area (Å²) in [7, 11) is 2.09. The van der Waals surface area contributed by atoms with Gasteiger partial charge in [-0.1, -0.05) is 12.6 Å². The lowest BCUT2D eigenvalue weighted by Gasteiger charge is -2.41. The molecule has 2 atom stereocenters. The van der Waals surface area contributed by atoms with Crippen molar-refractivity contribution < 1.29 is 18.3 Å². The van der Waals surface area contributed by atoms with Crippen molar-refractivity contribution in [3.8, 4) is 23.2 Å². The maximum absolute atomic E-state index is 14.4. The van der Waals surface area contributed by atoms with E-state index in [0.717, 1.165) is 41.5 Å². The van der Waals surface area contributed by atoms with Crippen LogP contribution in [0.3, 0.4) is 0 Å². The molecule has 4 aromatic rings. The quantitative estimate of drug-likeness (QED) is 0.285. The maximum atomic E-state index is 14.4. The van der Waals surface area contributed by atoms with Crippen molar-refractivity contribution in [2.24, 2.45) is 0 Å². The summed E-state index contributed by atoms with van der Waals surface area (Å²) in [5, 5.41) is 11.1. The molecule has 6 rings (SSSR count). The molecule has 9 nitrogen and oxygen atoms in total. The van der Waals surface area contributed by atoms with E-state index in [9.17, 15) is 14.4 Å². The van der Waals surface area contributed by atoms with Crippen molar-refractivity contribution in [1.82, 2.24) is 19.8 Å². The summed E-state index contributed by atoms with van der Waals surface area (Å²) in [6, 6.07) is 11.0. The molecule has 1 amide bonds. The summed E-state index contributed by atoms with van der Waals surface area (Å²) < 4.78 is 26.7. The van der Waals surface area contributed by atoms with E-state index in [1.165, 1.54) is 18.2 Å². The minimum atomic E-state index is -0.336. The zero-order chi connectivity index (χ0) is 29.4. The van der Waals surface area contributed by atoms with Crippen LogP contribution < -0.4 is 9.64 Å². The van der Waals surface area contributed by atoms with Gasteiger partial charge in [0.05, 0.1) is 35.7 Å². The number of anilines is 1. The van der Waals surface area contributed by atoms with Gasteiger partial charge < -0.3 is 23.9 Å². The molecule has 0 bridgehead atoms. The molecule has 42 heavy (non-hydrogen) atoms. The van der Waals surface area contributed by atoms with Crippen molar-refractivity contribution in [2.45, 2.75) is 38.3 Å². The SMILES string of the molecule is C=CC(=O)N1CCN(c2nc(OC[C@@H]3CCCN3C)nc3cc(-c4cc(F)ccc4C)c4ccoc4c23)C[C@@H]1CC#N. The first-order chi connectivity index (χ1) is 20.4. The molecule has 2 fully saturated rings. The smallest absolute Gasteiger partial charge is 0.319 e. The van der Waals surface area contributed by atoms with Gasteiger partial charge in [0.1, 0.15) is 23.8 Å². The summed E-state index contributed by atoms with van der Waals surface area (Å²) in [6.07, 6.45) is 5.24. The Hall–Kier alpha value is -4.49. The molecule has 2 aromatic carbocycles. The van der Waals surface area contributed by atoms with E-state index in [4.69, 9.17) is 19.1 Å². The third kappa shape index (κ3) is 5.05. The number of nitriles is 1. The third-order valence-corrected chi connectivity index (χ3v) is 8.49. The molecule has 2 saturated heterocycles. The number of furan rings is 1. The molecule has 2 aromatic heterocycles. The van der Waals surface area contributed by atoms with E-state index < -0.39 is 0 Å². The van der Waals surface area contributed by atoms with Gasteiger partial charge in [0.25, 0.3) is 0 Å². The van der Waals surface area contributed by atoms with Crippen LogP contribution in [0.1, 0.15) is 24.8 Å². The van der Waals surface area contributed by atoms with E-state index in [1.54, 1.807) is 17.2 Å². The van der Waals surface area contributed by atoms with Gasteiger partial charge in [-0.05, 0) is 80.4 Å². The number of halogens is 1. The molecule has 0 spiro atoms. The lowest BCUT2D eigenvalue weighted by Crippen LogP contribution is -2.55. The van der Waals surface area contributed by atoms with Gasteiger partial charge in [0.2, 0.25) is 5.91 Å². The highest BCUT2D eigenvalue weighted by atomic mass is 19.1. The van der Waals surface area contributed by atoms with Crippen LogP contribution in [-0.2, 0) is 4.79 Å². The van der Waals surface area contributed by atoms with E-state index >= 15 is 0 Å². The van der Waals surface area contributed by atoms with Crippen LogP contribution in [0, 0.1) is 24.1 Å². The molecule has 0 aliphatic carbocycles. The van der Waals surface area contributed by atoms with Crippen molar-refractivity contribution in [2.75, 3.05) is 44.7 Å². The maximum Gasteiger partial charge on any atom is 0.319 e. The molecular weight excluding hydrogens is 535 g/mol. The normalized spacial score (nSPS) is 19.4. The van der Waals surface area contributed by atoms with Crippen LogP contribution in [0.2, 0.25) is 0 Å². The topological polar surface area (TPSA) is 98.7 Å². The molecule has 216 valence electrons. The predicted molar refractivity (Wildman–Crippen MR) is 159 cm³/mol. The first-order valence-electron chi connectivity index (χ1n) is 14.2. The van der Waals surface area contributed by atoms with E-state index in [-0.39, 0.29) is 36.2 Å². The second-order valence-corrected chi connectivity index (χ2v) is 11.1. The number of hydrogen-bond donors (Lipinski definition) is 0. The molecule has 0 N–H and O–H groups in total. The van der Waals surface area contributed by atoms with Crippen molar-refractivity contribution in [3.63, 3.8) is 0 Å². The fraction of sp³-hybridized carbons (Fsp3) is 0.375. The van der Waals surface area contributed by atoms with Gasteiger partial charge in [-0.25, -0.2) is 4.39 Å². The number of carbonyl (C=O) groups is 1. The zero-order valence-corrected chi connectivity index (χ0v) is 23.8. The number of piperazine rings is 1. The number of aromatic nitrogens is 2. The molecular formula is C32H33FN6O3. The number of rotatable bonds is 7. The Bertz CT molecular complexity index is 1710. The van der Waals surface area contributed by atoms with Crippen LogP contribution in [0.5, 0.6) is 6.01 Å². The number of nitrogens with zero attached hydrogens (tertiary/aromatic N) is 6. The number of aryl methyl sites for hydroxylation is 1. The minimum absolute atomic E-state index is 0.176. The highest BCUT2D eigenvalue weighted by Crippen LogP contribution is 2.41. The van der Waals surface area contributed by atoms with Gasteiger partial charge >= 0.3 is 6.01 Å². The van der Waals surface area contributed by atoms with E-state index in [1.807, 2.05) is 19.1 Å². The summed E-state index contributed by atoms with van der Waals surface area (Å²) in [6.45, 7) is 8.36. The summed E-state index contributed by atoms with van der Waals surface area (Å²) in [5.41, 5.74) is 3.68. The van der Waals surface area contributed by atoms with Gasteiger partial charge in [-0.2, -0.15) is 15.2 Å². The zero-order valence-electron chi connectivity index (χ0n) is 23.8. The summed E-state index contributed by atoms with van der Waals surface area (Å²) >= 11 is 0. The first kappa shape index (κ1) is 27.7. The Morgan fingerprint density at radius 3 is 2.83 bits per heavy atom. The minimum Gasteiger partial charge on any atom is -0.463 e. The van der Waals surface area contributed by atoms with Gasteiger partial charge in [-0.15, -0.1) is 0 Å². The largest absolute Gasteiger partial charge is 0.463 e. The van der Waals surface area contributed by atoms with Gasteiger partial charge in [-0.3, -0.25) is 4.79 Å². The van der Waals surface area contributed by atoms with Gasteiger partial charge in [0.15, 0.2) is 0 Å². The van der Waals surface area contributed by atoms with Crippen LogP contribution in [0.15, 0.2) is 53.7 Å².